The predicted octanol–water partition coefficient (Wildman–Crippen LogP) is 2.94. The molecule has 7 heteroatoms. The Morgan fingerprint density at radius 1 is 1.36 bits per heavy atom. The maximum atomic E-state index is 12.5. The average molecular weight is 377 g/mol. The van der Waals surface area contributed by atoms with Crippen molar-refractivity contribution in [3.8, 4) is 23.8 Å². The van der Waals surface area contributed by atoms with Gasteiger partial charge in [-0.2, -0.15) is 0 Å². The summed E-state index contributed by atoms with van der Waals surface area (Å²) in [7, 11) is 1.59. The van der Waals surface area contributed by atoms with Gasteiger partial charge in [-0.25, -0.2) is 0 Å². The van der Waals surface area contributed by atoms with Crippen LogP contribution in [0.2, 0.25) is 0 Å². The van der Waals surface area contributed by atoms with Gasteiger partial charge in [-0.3, -0.25) is 9.69 Å². The lowest BCUT2D eigenvalue weighted by Crippen LogP contribution is -2.31. The fourth-order valence-corrected chi connectivity index (χ4v) is 3.46. The van der Waals surface area contributed by atoms with E-state index in [1.54, 1.807) is 24.2 Å². The number of amides is 1. The quantitative estimate of drug-likeness (QED) is 0.394. The minimum Gasteiger partial charge on any atom is -0.490 e. The summed E-state index contributed by atoms with van der Waals surface area (Å²) in [5, 5.41) is 0. The summed E-state index contributed by atoms with van der Waals surface area (Å²) in [5.41, 5.74) is 0.823. The van der Waals surface area contributed by atoms with Crippen LogP contribution in [0.3, 0.4) is 0 Å². The van der Waals surface area contributed by atoms with E-state index in [0.29, 0.717) is 40.5 Å². The number of terminal acetylenes is 1. The molecule has 1 saturated heterocycles. The van der Waals surface area contributed by atoms with Gasteiger partial charge < -0.3 is 14.2 Å². The molecule has 1 aliphatic rings. The van der Waals surface area contributed by atoms with E-state index in [9.17, 15) is 4.79 Å². The number of hydrogen-bond donors (Lipinski definition) is 0. The van der Waals surface area contributed by atoms with Gasteiger partial charge in [0.25, 0.3) is 5.91 Å². The number of carbonyl (C=O) groups excluding carboxylic acids is 1. The first-order valence-corrected chi connectivity index (χ1v) is 8.90. The van der Waals surface area contributed by atoms with Crippen molar-refractivity contribution < 1.29 is 19.0 Å². The number of nitrogens with zero attached hydrogens (tertiary/aromatic N) is 1. The zero-order valence-corrected chi connectivity index (χ0v) is 15.7. The molecule has 1 amide bonds. The summed E-state index contributed by atoms with van der Waals surface area (Å²) in [5.74, 6) is 3.47. The van der Waals surface area contributed by atoms with Gasteiger partial charge in [-0.05, 0) is 30.7 Å². The maximum absolute atomic E-state index is 12.5. The summed E-state index contributed by atoms with van der Waals surface area (Å²) in [4.78, 5) is 14.6. The molecule has 132 valence electrons. The monoisotopic (exact) mass is 377 g/mol. The molecular weight excluding hydrogens is 358 g/mol. The Morgan fingerprint density at radius 2 is 2.16 bits per heavy atom. The molecule has 1 aliphatic heterocycles. The van der Waals surface area contributed by atoms with Crippen LogP contribution in [0, 0.1) is 12.3 Å². The van der Waals surface area contributed by atoms with Crippen LogP contribution in [0.4, 0.5) is 0 Å². The van der Waals surface area contributed by atoms with Gasteiger partial charge in [0, 0.05) is 7.11 Å². The SMILES string of the molecule is C#CCOc1ccc(/C=C2/SC(=S)N(CCOC)C2=O)cc1OCC. The zero-order valence-electron chi connectivity index (χ0n) is 14.1. The highest BCUT2D eigenvalue weighted by Crippen LogP contribution is 2.34. The third-order valence-corrected chi connectivity index (χ3v) is 4.65. The second-order valence-electron chi connectivity index (χ2n) is 4.96. The number of benzene rings is 1. The molecular formula is C18H19NO4S2. The first kappa shape index (κ1) is 19.3. The molecule has 0 spiro atoms. The van der Waals surface area contributed by atoms with E-state index >= 15 is 0 Å². The molecule has 1 fully saturated rings. The fourth-order valence-electron chi connectivity index (χ4n) is 2.15. The Morgan fingerprint density at radius 3 is 2.84 bits per heavy atom. The minimum absolute atomic E-state index is 0.113. The van der Waals surface area contributed by atoms with E-state index in [1.165, 1.54) is 11.8 Å². The number of rotatable bonds is 8. The lowest BCUT2D eigenvalue weighted by molar-refractivity contribution is -0.122. The van der Waals surface area contributed by atoms with Crippen LogP contribution in [0.15, 0.2) is 23.1 Å². The third-order valence-electron chi connectivity index (χ3n) is 3.27. The second-order valence-corrected chi connectivity index (χ2v) is 6.63. The maximum Gasteiger partial charge on any atom is 0.266 e. The zero-order chi connectivity index (χ0) is 18.2. The van der Waals surface area contributed by atoms with Gasteiger partial charge in [-0.1, -0.05) is 36.0 Å². The van der Waals surface area contributed by atoms with Crippen LogP contribution in [-0.4, -0.2) is 48.6 Å². The second kappa shape index (κ2) is 9.47. The van der Waals surface area contributed by atoms with Crippen LogP contribution < -0.4 is 9.47 Å². The summed E-state index contributed by atoms with van der Waals surface area (Å²) >= 11 is 6.55. The van der Waals surface area contributed by atoms with E-state index in [1.807, 2.05) is 19.1 Å². The first-order chi connectivity index (χ1) is 12.1. The molecule has 0 aromatic heterocycles. The van der Waals surface area contributed by atoms with Crippen LogP contribution >= 0.6 is 24.0 Å². The molecule has 0 atom stereocenters. The van der Waals surface area contributed by atoms with Gasteiger partial charge in [0.05, 0.1) is 24.7 Å². The number of methoxy groups -OCH3 is 1. The molecule has 0 bridgehead atoms. The summed E-state index contributed by atoms with van der Waals surface area (Å²) in [6, 6.07) is 5.44. The molecule has 0 saturated carbocycles. The van der Waals surface area contributed by atoms with E-state index in [0.717, 1.165) is 5.56 Å². The third kappa shape index (κ3) is 4.98. The van der Waals surface area contributed by atoms with Crippen LogP contribution in [0.25, 0.3) is 6.08 Å². The highest BCUT2D eigenvalue weighted by Gasteiger charge is 2.31. The van der Waals surface area contributed by atoms with Crippen molar-refractivity contribution in [2.75, 3.05) is 33.5 Å². The molecule has 0 N–H and O–H groups in total. The Labute approximate surface area is 157 Å². The van der Waals surface area contributed by atoms with Gasteiger partial charge in [0.2, 0.25) is 0 Å². The highest BCUT2D eigenvalue weighted by atomic mass is 32.2. The topological polar surface area (TPSA) is 48.0 Å². The standard InChI is InChI=1S/C18H19NO4S2/c1-4-9-23-14-7-6-13(11-15(14)22-5-2)12-16-17(20)19(8-10-21-3)18(24)25-16/h1,6-7,11-12H,5,8-10H2,2-3H3/b16-12+. The van der Waals surface area contributed by atoms with E-state index in [2.05, 4.69) is 5.92 Å². The minimum atomic E-state index is -0.113. The Kier molecular flexibility index (Phi) is 7.31. The Hall–Kier alpha value is -2.01. The summed E-state index contributed by atoms with van der Waals surface area (Å²) < 4.78 is 16.6. The number of thiocarbonyl (C=S) groups is 1. The molecule has 1 aromatic carbocycles. The molecule has 0 aliphatic carbocycles. The smallest absolute Gasteiger partial charge is 0.266 e. The number of hydrogen-bond acceptors (Lipinski definition) is 6. The normalized spacial score (nSPS) is 15.6. The number of thioether (sulfide) groups is 1. The van der Waals surface area contributed by atoms with Crippen molar-refractivity contribution in [1.29, 1.82) is 0 Å². The van der Waals surface area contributed by atoms with E-state index < -0.39 is 0 Å². The van der Waals surface area contributed by atoms with E-state index in [-0.39, 0.29) is 12.5 Å². The largest absolute Gasteiger partial charge is 0.490 e. The lowest BCUT2D eigenvalue weighted by Gasteiger charge is -2.13. The molecule has 5 nitrogen and oxygen atoms in total. The first-order valence-electron chi connectivity index (χ1n) is 7.68. The van der Waals surface area contributed by atoms with Crippen LogP contribution in [0.5, 0.6) is 11.5 Å². The molecule has 1 heterocycles. The van der Waals surface area contributed by atoms with Crippen molar-refractivity contribution in [3.63, 3.8) is 0 Å². The van der Waals surface area contributed by atoms with Gasteiger partial charge in [-0.15, -0.1) is 6.42 Å². The molecule has 25 heavy (non-hydrogen) atoms. The lowest BCUT2D eigenvalue weighted by atomic mass is 10.2. The number of carbonyl (C=O) groups is 1. The molecule has 1 aromatic rings. The van der Waals surface area contributed by atoms with Crippen molar-refractivity contribution in [3.05, 3.63) is 28.7 Å². The molecule has 0 unspecified atom stereocenters. The van der Waals surface area contributed by atoms with Crippen LogP contribution in [0.1, 0.15) is 12.5 Å². The fraction of sp³-hybridized carbons (Fsp3) is 0.333. The molecule has 0 radical (unpaired) electrons. The average Bonchev–Trinajstić information content (AvgIpc) is 2.86. The Bertz CT molecular complexity index is 724. The molecule has 2 rings (SSSR count). The van der Waals surface area contributed by atoms with Crippen molar-refractivity contribution in [1.82, 2.24) is 4.90 Å². The predicted molar refractivity (Wildman–Crippen MR) is 104 cm³/mol. The van der Waals surface area contributed by atoms with Gasteiger partial charge in [0.15, 0.2) is 11.5 Å². The summed E-state index contributed by atoms with van der Waals surface area (Å²) in [6.07, 6.45) is 7.02. The van der Waals surface area contributed by atoms with E-state index in [4.69, 9.17) is 32.9 Å². The number of ether oxygens (including phenoxy) is 3. The van der Waals surface area contributed by atoms with Crippen molar-refractivity contribution >= 4 is 40.3 Å². The van der Waals surface area contributed by atoms with Crippen LogP contribution in [-0.2, 0) is 9.53 Å². The van der Waals surface area contributed by atoms with Crippen molar-refractivity contribution in [2.45, 2.75) is 6.92 Å². The highest BCUT2D eigenvalue weighted by molar-refractivity contribution is 8.26. The van der Waals surface area contributed by atoms with Gasteiger partial charge >= 0.3 is 0 Å². The van der Waals surface area contributed by atoms with Crippen molar-refractivity contribution in [2.24, 2.45) is 0 Å². The summed E-state index contributed by atoms with van der Waals surface area (Å²) in [6.45, 7) is 3.43. The Balaban J connectivity index is 2.22. The van der Waals surface area contributed by atoms with Gasteiger partial charge in [0.1, 0.15) is 10.9 Å².